The fourth-order valence-corrected chi connectivity index (χ4v) is 3.76. The van der Waals surface area contributed by atoms with E-state index in [1.165, 1.54) is 26.8 Å². The zero-order valence-corrected chi connectivity index (χ0v) is 13.8. The Balaban J connectivity index is 1.78. The number of carboxylic acid groups (broad SMARTS) is 1. The van der Waals surface area contributed by atoms with E-state index in [0.717, 1.165) is 11.1 Å². The van der Waals surface area contributed by atoms with E-state index in [-0.39, 0.29) is 18.5 Å². The highest BCUT2D eigenvalue weighted by Gasteiger charge is 2.36. The number of hydrogen-bond donors (Lipinski definition) is 1. The molecule has 0 fully saturated rings. The summed E-state index contributed by atoms with van der Waals surface area (Å²) in [4.78, 5) is 43.0. The van der Waals surface area contributed by atoms with Gasteiger partial charge in [0, 0.05) is 30.7 Å². The molecule has 4 rings (SSSR count). The van der Waals surface area contributed by atoms with Gasteiger partial charge in [-0.15, -0.1) is 11.3 Å². The Hall–Kier alpha value is -3.00. The molecular weight excluding hydrogens is 342 g/mol. The lowest BCUT2D eigenvalue weighted by Gasteiger charge is -2.34. The van der Waals surface area contributed by atoms with Crippen molar-refractivity contribution in [3.05, 3.63) is 69.1 Å². The van der Waals surface area contributed by atoms with Crippen LogP contribution in [0.5, 0.6) is 0 Å². The summed E-state index contributed by atoms with van der Waals surface area (Å²) in [5.41, 5.74) is 1.18. The molecule has 0 spiro atoms. The van der Waals surface area contributed by atoms with Crippen LogP contribution in [0, 0.1) is 0 Å². The van der Waals surface area contributed by atoms with Crippen LogP contribution in [0.15, 0.2) is 46.8 Å². The van der Waals surface area contributed by atoms with Crippen LogP contribution >= 0.6 is 11.3 Å². The highest BCUT2D eigenvalue weighted by molar-refractivity contribution is 7.15. The van der Waals surface area contributed by atoms with Gasteiger partial charge in [0.1, 0.15) is 11.6 Å². The van der Waals surface area contributed by atoms with Gasteiger partial charge in [0.05, 0.1) is 0 Å². The number of hydrogen-bond acceptors (Lipinski definition) is 5. The molecule has 1 atom stereocenters. The van der Waals surface area contributed by atoms with Crippen LogP contribution in [0.2, 0.25) is 0 Å². The molecule has 1 aliphatic heterocycles. The number of aromatic nitrogens is 2. The van der Waals surface area contributed by atoms with Gasteiger partial charge in [-0.25, -0.2) is 9.78 Å². The van der Waals surface area contributed by atoms with Crippen molar-refractivity contribution < 1.29 is 14.7 Å². The molecular formula is C17H13N3O4S. The minimum atomic E-state index is -1.09. The summed E-state index contributed by atoms with van der Waals surface area (Å²) in [7, 11) is 0. The fraction of sp³-hybridized carbons (Fsp3) is 0.176. The molecule has 8 heteroatoms. The molecule has 3 aromatic rings. The molecule has 0 saturated carbocycles. The van der Waals surface area contributed by atoms with Gasteiger partial charge in [-0.2, -0.15) is 0 Å². The Morgan fingerprint density at radius 1 is 1.24 bits per heavy atom. The van der Waals surface area contributed by atoms with E-state index >= 15 is 0 Å². The van der Waals surface area contributed by atoms with Gasteiger partial charge in [-0.05, 0) is 11.1 Å². The van der Waals surface area contributed by atoms with Crippen LogP contribution in [0.25, 0.3) is 4.96 Å². The summed E-state index contributed by atoms with van der Waals surface area (Å²) in [5.74, 6) is -1.70. The van der Waals surface area contributed by atoms with Crippen molar-refractivity contribution in [2.45, 2.75) is 19.0 Å². The van der Waals surface area contributed by atoms with Gasteiger partial charge in [-0.1, -0.05) is 24.3 Å². The normalized spacial score (nSPS) is 16.6. The Bertz CT molecular complexity index is 1060. The number of thiazole rings is 1. The van der Waals surface area contributed by atoms with E-state index < -0.39 is 23.5 Å². The number of rotatable bonds is 2. The lowest BCUT2D eigenvalue weighted by atomic mass is 9.93. The van der Waals surface area contributed by atoms with E-state index in [4.69, 9.17) is 0 Å². The molecule has 1 aliphatic rings. The summed E-state index contributed by atoms with van der Waals surface area (Å²) < 4.78 is 1.30. The monoisotopic (exact) mass is 355 g/mol. The maximum Gasteiger partial charge on any atom is 0.326 e. The van der Waals surface area contributed by atoms with E-state index in [1.54, 1.807) is 11.6 Å². The lowest BCUT2D eigenvalue weighted by Crippen LogP contribution is -2.49. The number of amides is 1. The predicted molar refractivity (Wildman–Crippen MR) is 90.8 cm³/mol. The van der Waals surface area contributed by atoms with E-state index in [2.05, 4.69) is 4.98 Å². The third kappa shape index (κ3) is 2.51. The van der Waals surface area contributed by atoms with Gasteiger partial charge in [0.25, 0.3) is 11.5 Å². The number of carbonyl (C=O) groups is 2. The number of aliphatic carboxylic acids is 1. The average Bonchev–Trinajstić information content (AvgIpc) is 3.10. The molecule has 0 bridgehead atoms. The summed E-state index contributed by atoms with van der Waals surface area (Å²) in [6, 6.07) is 6.40. The Morgan fingerprint density at radius 3 is 2.76 bits per heavy atom. The van der Waals surface area contributed by atoms with Gasteiger partial charge in [-0.3, -0.25) is 14.0 Å². The van der Waals surface area contributed by atoms with Crippen molar-refractivity contribution in [2.24, 2.45) is 0 Å². The maximum absolute atomic E-state index is 12.9. The highest BCUT2D eigenvalue weighted by atomic mass is 32.1. The molecule has 1 N–H and O–H groups in total. The number of carboxylic acids is 1. The first kappa shape index (κ1) is 15.5. The third-order valence-corrected chi connectivity index (χ3v) is 5.14. The summed E-state index contributed by atoms with van der Waals surface area (Å²) in [6.45, 7) is 0.151. The number of fused-ring (bicyclic) bond motifs is 2. The lowest BCUT2D eigenvalue weighted by molar-refractivity contribution is -0.142. The minimum absolute atomic E-state index is 0.124. The molecule has 7 nitrogen and oxygen atoms in total. The largest absolute Gasteiger partial charge is 0.480 e. The minimum Gasteiger partial charge on any atom is -0.480 e. The molecule has 0 aliphatic carbocycles. The standard InChI is InChI=1S/C17H13N3O4S/c21-14-12(8-18-17-19(14)5-6-25-17)15(22)20-9-11-4-2-1-3-10(11)7-13(20)16(23)24/h1-6,8,13H,7,9H2,(H,23,24). The summed E-state index contributed by atoms with van der Waals surface area (Å²) >= 11 is 1.29. The van der Waals surface area contributed by atoms with Gasteiger partial charge < -0.3 is 10.0 Å². The first-order valence-corrected chi connectivity index (χ1v) is 8.49. The number of carbonyl (C=O) groups excluding carboxylic acids is 1. The Morgan fingerprint density at radius 2 is 2.00 bits per heavy atom. The molecule has 1 aromatic carbocycles. The maximum atomic E-state index is 12.9. The summed E-state index contributed by atoms with van der Waals surface area (Å²) in [6.07, 6.45) is 2.99. The van der Waals surface area contributed by atoms with Crippen molar-refractivity contribution in [1.29, 1.82) is 0 Å². The average molecular weight is 355 g/mol. The van der Waals surface area contributed by atoms with Gasteiger partial charge in [0.2, 0.25) is 0 Å². The van der Waals surface area contributed by atoms with E-state index in [9.17, 15) is 19.5 Å². The molecule has 3 heterocycles. The quantitative estimate of drug-likeness (QED) is 0.750. The third-order valence-electron chi connectivity index (χ3n) is 4.37. The molecule has 1 unspecified atom stereocenters. The fourth-order valence-electron chi connectivity index (χ4n) is 3.08. The van der Waals surface area contributed by atoms with Crippen LogP contribution < -0.4 is 5.56 Å². The zero-order chi connectivity index (χ0) is 17.6. The smallest absolute Gasteiger partial charge is 0.326 e. The second-order valence-electron chi connectivity index (χ2n) is 5.79. The van der Waals surface area contributed by atoms with Crippen LogP contribution in [-0.4, -0.2) is 37.3 Å². The van der Waals surface area contributed by atoms with Crippen LogP contribution in [-0.2, 0) is 17.8 Å². The topological polar surface area (TPSA) is 92.0 Å². The molecule has 126 valence electrons. The van der Waals surface area contributed by atoms with E-state index in [1.807, 2.05) is 24.3 Å². The predicted octanol–water partition coefficient (Wildman–Crippen LogP) is 1.41. The first-order valence-electron chi connectivity index (χ1n) is 7.61. The van der Waals surface area contributed by atoms with Crippen LogP contribution in [0.1, 0.15) is 21.5 Å². The van der Waals surface area contributed by atoms with Crippen molar-refractivity contribution in [2.75, 3.05) is 0 Å². The van der Waals surface area contributed by atoms with Gasteiger partial charge in [0.15, 0.2) is 4.96 Å². The highest BCUT2D eigenvalue weighted by Crippen LogP contribution is 2.24. The second-order valence-corrected chi connectivity index (χ2v) is 6.67. The van der Waals surface area contributed by atoms with Crippen molar-refractivity contribution >= 4 is 28.2 Å². The van der Waals surface area contributed by atoms with E-state index in [0.29, 0.717) is 4.96 Å². The SMILES string of the molecule is O=C(O)C1Cc2ccccc2CN1C(=O)c1cnc2sccn2c1=O. The Labute approximate surface area is 145 Å². The molecule has 2 aromatic heterocycles. The van der Waals surface area contributed by atoms with Gasteiger partial charge >= 0.3 is 5.97 Å². The van der Waals surface area contributed by atoms with Crippen molar-refractivity contribution in [3.63, 3.8) is 0 Å². The molecule has 0 saturated heterocycles. The number of nitrogens with zero attached hydrogens (tertiary/aromatic N) is 3. The Kier molecular flexibility index (Phi) is 3.61. The van der Waals surface area contributed by atoms with Crippen molar-refractivity contribution in [1.82, 2.24) is 14.3 Å². The van der Waals surface area contributed by atoms with Crippen LogP contribution in [0.4, 0.5) is 0 Å². The molecule has 0 radical (unpaired) electrons. The molecule has 25 heavy (non-hydrogen) atoms. The van der Waals surface area contributed by atoms with Crippen LogP contribution in [0.3, 0.4) is 0 Å². The van der Waals surface area contributed by atoms with Crippen molar-refractivity contribution in [3.8, 4) is 0 Å². The molecule has 1 amide bonds. The summed E-state index contributed by atoms with van der Waals surface area (Å²) in [5, 5.41) is 11.3. The first-order chi connectivity index (χ1) is 12.1. The zero-order valence-electron chi connectivity index (χ0n) is 13.0. The number of benzene rings is 1. The second kappa shape index (κ2) is 5.82.